The van der Waals surface area contributed by atoms with Gasteiger partial charge in [-0.25, -0.2) is 5.43 Å². The lowest BCUT2D eigenvalue weighted by Gasteiger charge is -2.06. The number of phenolic OH excluding ortho intramolecular Hbond substituents is 3. The molecule has 1 amide bonds. The molecule has 2 aromatic rings. The summed E-state index contributed by atoms with van der Waals surface area (Å²) in [7, 11) is 0. The Balaban J connectivity index is 2.17. The fraction of sp³-hybridized carbons (Fsp3) is 0.0667. The summed E-state index contributed by atoms with van der Waals surface area (Å²) in [6.45, 7) is 1.59. The van der Waals surface area contributed by atoms with Crippen LogP contribution in [-0.4, -0.2) is 26.9 Å². The molecule has 21 heavy (non-hydrogen) atoms. The minimum atomic E-state index is -0.564. The smallest absolute Gasteiger partial charge is 0.275 e. The van der Waals surface area contributed by atoms with Crippen molar-refractivity contribution < 1.29 is 20.1 Å². The standard InChI is InChI=1S/C15H14N2O4/c1-9(11-7-6-10(18)8-14(11)20)16-17-15(21)12-4-2-3-5-13(12)19/h2-8,18-20H,1H3,(H,17,21). The van der Waals surface area contributed by atoms with E-state index in [4.69, 9.17) is 0 Å². The molecule has 0 saturated carbocycles. The van der Waals surface area contributed by atoms with Crippen molar-refractivity contribution in [3.8, 4) is 17.2 Å². The molecule has 6 nitrogen and oxygen atoms in total. The Morgan fingerprint density at radius 2 is 1.71 bits per heavy atom. The number of hydrogen-bond donors (Lipinski definition) is 4. The Morgan fingerprint density at radius 1 is 1.00 bits per heavy atom. The van der Waals surface area contributed by atoms with E-state index in [9.17, 15) is 20.1 Å². The number of hydrogen-bond acceptors (Lipinski definition) is 5. The second kappa shape index (κ2) is 5.96. The van der Waals surface area contributed by atoms with Gasteiger partial charge in [-0.2, -0.15) is 5.10 Å². The zero-order valence-electron chi connectivity index (χ0n) is 11.2. The summed E-state index contributed by atoms with van der Waals surface area (Å²) in [6.07, 6.45) is 0. The van der Waals surface area contributed by atoms with Crippen LogP contribution in [0, 0.1) is 0 Å². The zero-order valence-corrected chi connectivity index (χ0v) is 11.2. The van der Waals surface area contributed by atoms with Crippen LogP contribution in [0.1, 0.15) is 22.8 Å². The van der Waals surface area contributed by atoms with Gasteiger partial charge < -0.3 is 15.3 Å². The number of benzene rings is 2. The van der Waals surface area contributed by atoms with E-state index in [1.54, 1.807) is 19.1 Å². The number of hydrazone groups is 1. The molecule has 0 unspecified atom stereocenters. The Hall–Kier alpha value is -3.02. The van der Waals surface area contributed by atoms with Crippen LogP contribution >= 0.6 is 0 Å². The van der Waals surface area contributed by atoms with E-state index in [2.05, 4.69) is 10.5 Å². The zero-order chi connectivity index (χ0) is 15.4. The normalized spacial score (nSPS) is 11.2. The van der Waals surface area contributed by atoms with E-state index in [-0.39, 0.29) is 22.8 Å². The largest absolute Gasteiger partial charge is 0.508 e. The highest BCUT2D eigenvalue weighted by Gasteiger charge is 2.10. The molecule has 0 spiro atoms. The van der Waals surface area contributed by atoms with Crippen molar-refractivity contribution >= 4 is 11.6 Å². The topological polar surface area (TPSA) is 102 Å². The fourth-order valence-electron chi connectivity index (χ4n) is 1.75. The summed E-state index contributed by atoms with van der Waals surface area (Å²) in [4.78, 5) is 11.9. The van der Waals surface area contributed by atoms with Crippen molar-refractivity contribution in [2.45, 2.75) is 6.92 Å². The fourth-order valence-corrected chi connectivity index (χ4v) is 1.75. The minimum absolute atomic E-state index is 0.0673. The van der Waals surface area contributed by atoms with Crippen molar-refractivity contribution in [3.63, 3.8) is 0 Å². The predicted octanol–water partition coefficient (Wildman–Crippen LogP) is 1.96. The van der Waals surface area contributed by atoms with Gasteiger partial charge in [0.15, 0.2) is 0 Å². The predicted molar refractivity (Wildman–Crippen MR) is 77.6 cm³/mol. The molecule has 4 N–H and O–H groups in total. The molecule has 0 aliphatic carbocycles. The second-order valence-corrected chi connectivity index (χ2v) is 4.36. The van der Waals surface area contributed by atoms with Gasteiger partial charge in [0.2, 0.25) is 0 Å². The highest BCUT2D eigenvalue weighted by Crippen LogP contribution is 2.23. The maximum atomic E-state index is 11.9. The Morgan fingerprint density at radius 3 is 2.38 bits per heavy atom. The van der Waals surface area contributed by atoms with E-state index in [1.807, 2.05) is 0 Å². The summed E-state index contributed by atoms with van der Waals surface area (Å²) in [5.41, 5.74) is 3.13. The van der Waals surface area contributed by atoms with Crippen LogP contribution in [0.2, 0.25) is 0 Å². The molecule has 0 fully saturated rings. The first-order valence-electron chi connectivity index (χ1n) is 6.14. The summed E-state index contributed by atoms with van der Waals surface area (Å²) in [6, 6.07) is 10.2. The number of nitrogens with zero attached hydrogens (tertiary/aromatic N) is 1. The van der Waals surface area contributed by atoms with E-state index in [1.165, 1.54) is 30.3 Å². The molecule has 0 aliphatic heterocycles. The second-order valence-electron chi connectivity index (χ2n) is 4.36. The number of carbonyl (C=O) groups excluding carboxylic acids is 1. The number of phenols is 3. The molecular weight excluding hydrogens is 272 g/mol. The summed E-state index contributed by atoms with van der Waals surface area (Å²) in [5.74, 6) is -0.920. The third-order valence-electron chi connectivity index (χ3n) is 2.84. The van der Waals surface area contributed by atoms with Crippen molar-refractivity contribution in [2.24, 2.45) is 5.10 Å². The van der Waals surface area contributed by atoms with Crippen LogP contribution in [0.4, 0.5) is 0 Å². The first-order valence-corrected chi connectivity index (χ1v) is 6.14. The van der Waals surface area contributed by atoms with E-state index in [0.717, 1.165) is 0 Å². The number of carbonyl (C=O) groups is 1. The molecule has 0 radical (unpaired) electrons. The van der Waals surface area contributed by atoms with Gasteiger partial charge in [0.1, 0.15) is 17.2 Å². The molecule has 2 aromatic carbocycles. The molecule has 0 aliphatic rings. The van der Waals surface area contributed by atoms with Crippen LogP contribution < -0.4 is 5.43 Å². The van der Waals surface area contributed by atoms with Crippen molar-refractivity contribution in [3.05, 3.63) is 53.6 Å². The first-order chi connectivity index (χ1) is 9.99. The maximum absolute atomic E-state index is 11.9. The number of para-hydroxylation sites is 1. The summed E-state index contributed by atoms with van der Waals surface area (Å²) >= 11 is 0. The third-order valence-corrected chi connectivity index (χ3v) is 2.84. The third kappa shape index (κ3) is 3.30. The lowest BCUT2D eigenvalue weighted by atomic mass is 10.1. The highest BCUT2D eigenvalue weighted by molar-refractivity contribution is 6.03. The Labute approximate surface area is 121 Å². The van der Waals surface area contributed by atoms with Crippen molar-refractivity contribution in [2.75, 3.05) is 0 Å². The van der Waals surface area contributed by atoms with E-state index < -0.39 is 5.91 Å². The molecule has 2 rings (SSSR count). The maximum Gasteiger partial charge on any atom is 0.275 e. The van der Waals surface area contributed by atoms with Crippen LogP contribution in [0.15, 0.2) is 47.6 Å². The highest BCUT2D eigenvalue weighted by atomic mass is 16.3. The SMILES string of the molecule is CC(=NNC(=O)c1ccccc1O)c1ccc(O)cc1O. The van der Waals surface area contributed by atoms with Crippen LogP contribution in [0.25, 0.3) is 0 Å². The average Bonchev–Trinajstić information content (AvgIpc) is 2.45. The van der Waals surface area contributed by atoms with Gasteiger partial charge in [0, 0.05) is 11.6 Å². The summed E-state index contributed by atoms with van der Waals surface area (Å²) in [5, 5.41) is 32.3. The molecule has 0 bridgehead atoms. The van der Waals surface area contributed by atoms with Gasteiger partial charge in [-0.15, -0.1) is 0 Å². The first kappa shape index (κ1) is 14.4. The Bertz CT molecular complexity index is 711. The number of nitrogens with one attached hydrogen (secondary N) is 1. The number of aromatic hydroxyl groups is 3. The molecule has 108 valence electrons. The monoisotopic (exact) mass is 286 g/mol. The van der Waals surface area contributed by atoms with Crippen LogP contribution in [0.3, 0.4) is 0 Å². The molecular formula is C15H14N2O4. The van der Waals surface area contributed by atoms with Gasteiger partial charge in [0.05, 0.1) is 11.3 Å². The molecule has 0 atom stereocenters. The van der Waals surface area contributed by atoms with Gasteiger partial charge in [-0.3, -0.25) is 4.79 Å². The van der Waals surface area contributed by atoms with Crippen LogP contribution in [-0.2, 0) is 0 Å². The molecule has 6 heteroatoms. The van der Waals surface area contributed by atoms with Gasteiger partial charge in [-0.05, 0) is 31.2 Å². The number of amides is 1. The van der Waals surface area contributed by atoms with Gasteiger partial charge in [0.25, 0.3) is 5.91 Å². The van der Waals surface area contributed by atoms with Crippen LogP contribution in [0.5, 0.6) is 17.2 Å². The minimum Gasteiger partial charge on any atom is -0.508 e. The average molecular weight is 286 g/mol. The van der Waals surface area contributed by atoms with E-state index in [0.29, 0.717) is 11.3 Å². The summed E-state index contributed by atoms with van der Waals surface area (Å²) < 4.78 is 0. The molecule has 0 heterocycles. The van der Waals surface area contributed by atoms with Gasteiger partial charge in [-0.1, -0.05) is 12.1 Å². The van der Waals surface area contributed by atoms with Crippen molar-refractivity contribution in [1.82, 2.24) is 5.43 Å². The van der Waals surface area contributed by atoms with Crippen molar-refractivity contribution in [1.29, 1.82) is 0 Å². The van der Waals surface area contributed by atoms with Gasteiger partial charge >= 0.3 is 0 Å². The molecule has 0 saturated heterocycles. The Kier molecular flexibility index (Phi) is 4.08. The molecule has 0 aromatic heterocycles. The number of rotatable bonds is 3. The lowest BCUT2D eigenvalue weighted by molar-refractivity contribution is 0.0952. The quantitative estimate of drug-likeness (QED) is 0.511. The van der Waals surface area contributed by atoms with E-state index >= 15 is 0 Å². The lowest BCUT2D eigenvalue weighted by Crippen LogP contribution is -2.19.